The zero-order valence-corrected chi connectivity index (χ0v) is 20.2. The van der Waals surface area contributed by atoms with Crippen molar-refractivity contribution in [2.24, 2.45) is 5.73 Å². The molecule has 2 aromatic rings. The summed E-state index contributed by atoms with van der Waals surface area (Å²) in [6, 6.07) is 19.9. The van der Waals surface area contributed by atoms with Crippen LogP contribution in [0.4, 0.5) is 0 Å². The van der Waals surface area contributed by atoms with Crippen molar-refractivity contribution < 1.29 is 19.1 Å². The average molecular weight is 484 g/mol. The predicted molar refractivity (Wildman–Crippen MR) is 136 cm³/mol. The van der Waals surface area contributed by atoms with Gasteiger partial charge in [0, 0.05) is 32.4 Å². The molecule has 8 heteroatoms. The smallest absolute Gasteiger partial charge is 0.305 e. The second kappa shape index (κ2) is 15.6. The normalized spacial score (nSPS) is 10.4. The average Bonchev–Trinajstić information content (AvgIpc) is 2.83. The molecule has 0 unspecified atom stereocenters. The quantitative estimate of drug-likeness (QED) is 0.243. The van der Waals surface area contributed by atoms with Gasteiger partial charge in [0.15, 0.2) is 5.11 Å². The molecule has 0 aliphatic rings. The first-order valence-electron chi connectivity index (χ1n) is 11.5. The van der Waals surface area contributed by atoms with E-state index in [4.69, 9.17) is 22.7 Å². The number of nitrogens with two attached hydrogens (primary N) is 1. The standard InChI is InChI=1S/C26H33N3O4S/c27-23(30)17-19-29(18-16-22-11-5-2-6-12-22)26(34)28-24(31)14-7-15-25(32)33-20-8-13-21-9-3-1-4-10-21/h1-6,9-12H,7-8,13-20H2,(H2,27,30)(H,28,31,34). The van der Waals surface area contributed by atoms with Gasteiger partial charge < -0.3 is 20.7 Å². The van der Waals surface area contributed by atoms with Gasteiger partial charge in [-0.2, -0.15) is 0 Å². The molecule has 0 aromatic heterocycles. The number of amides is 2. The summed E-state index contributed by atoms with van der Waals surface area (Å²) in [5.41, 5.74) is 7.61. The Morgan fingerprint density at radius 3 is 2.06 bits per heavy atom. The van der Waals surface area contributed by atoms with Gasteiger partial charge in [-0.3, -0.25) is 14.4 Å². The minimum atomic E-state index is -0.430. The van der Waals surface area contributed by atoms with Crippen LogP contribution in [-0.2, 0) is 32.0 Å². The molecule has 0 aliphatic carbocycles. The molecule has 34 heavy (non-hydrogen) atoms. The largest absolute Gasteiger partial charge is 0.466 e. The van der Waals surface area contributed by atoms with Gasteiger partial charge in [0.25, 0.3) is 0 Å². The molecule has 0 bridgehead atoms. The van der Waals surface area contributed by atoms with Crippen molar-refractivity contribution in [3.8, 4) is 0 Å². The van der Waals surface area contributed by atoms with Crippen molar-refractivity contribution in [1.29, 1.82) is 0 Å². The van der Waals surface area contributed by atoms with E-state index < -0.39 is 5.91 Å². The molecule has 7 nitrogen and oxygen atoms in total. The summed E-state index contributed by atoms with van der Waals surface area (Å²) in [7, 11) is 0. The van der Waals surface area contributed by atoms with E-state index in [1.165, 1.54) is 5.56 Å². The summed E-state index contributed by atoms with van der Waals surface area (Å²) in [4.78, 5) is 37.2. The number of benzene rings is 2. The van der Waals surface area contributed by atoms with Gasteiger partial charge in [-0.1, -0.05) is 60.7 Å². The Morgan fingerprint density at radius 2 is 1.44 bits per heavy atom. The lowest BCUT2D eigenvalue weighted by molar-refractivity contribution is -0.143. The molecule has 0 aliphatic heterocycles. The third-order valence-electron chi connectivity index (χ3n) is 5.18. The van der Waals surface area contributed by atoms with E-state index in [1.807, 2.05) is 60.7 Å². The Hall–Kier alpha value is -3.26. The maximum atomic E-state index is 12.3. The SMILES string of the molecule is NC(=O)CCN(CCc1ccccc1)C(=S)NC(=O)CCCC(=O)OCCCc1ccccc1. The maximum absolute atomic E-state index is 12.3. The van der Waals surface area contributed by atoms with E-state index in [2.05, 4.69) is 5.32 Å². The zero-order chi connectivity index (χ0) is 24.6. The number of esters is 1. The number of hydrogen-bond acceptors (Lipinski definition) is 5. The summed E-state index contributed by atoms with van der Waals surface area (Å²) < 4.78 is 5.24. The highest BCUT2D eigenvalue weighted by atomic mass is 32.1. The minimum Gasteiger partial charge on any atom is -0.466 e. The molecule has 2 aromatic carbocycles. The zero-order valence-electron chi connectivity index (χ0n) is 19.4. The van der Waals surface area contributed by atoms with Crippen LogP contribution in [0.2, 0.25) is 0 Å². The summed E-state index contributed by atoms with van der Waals surface area (Å²) in [6.45, 7) is 1.24. The summed E-state index contributed by atoms with van der Waals surface area (Å²) in [5, 5.41) is 2.95. The van der Waals surface area contributed by atoms with Gasteiger partial charge in [0.05, 0.1) is 6.61 Å². The van der Waals surface area contributed by atoms with E-state index in [1.54, 1.807) is 4.90 Å². The second-order valence-corrected chi connectivity index (χ2v) is 8.34. The van der Waals surface area contributed by atoms with Crippen LogP contribution in [0.25, 0.3) is 0 Å². The Kier molecular flexibility index (Phi) is 12.3. The molecular formula is C26H33N3O4S. The first-order chi connectivity index (χ1) is 16.4. The van der Waals surface area contributed by atoms with Crippen molar-refractivity contribution in [1.82, 2.24) is 10.2 Å². The van der Waals surface area contributed by atoms with Crippen LogP contribution < -0.4 is 11.1 Å². The number of nitrogens with one attached hydrogen (secondary N) is 1. The van der Waals surface area contributed by atoms with E-state index >= 15 is 0 Å². The van der Waals surface area contributed by atoms with Gasteiger partial charge in [0.2, 0.25) is 11.8 Å². The second-order valence-electron chi connectivity index (χ2n) is 7.96. The van der Waals surface area contributed by atoms with Crippen molar-refractivity contribution in [3.05, 3.63) is 71.8 Å². The number of aryl methyl sites for hydroxylation is 1. The third-order valence-corrected chi connectivity index (χ3v) is 5.54. The van der Waals surface area contributed by atoms with Crippen LogP contribution in [0.1, 0.15) is 43.2 Å². The van der Waals surface area contributed by atoms with Crippen LogP contribution in [0.3, 0.4) is 0 Å². The molecule has 2 amide bonds. The van der Waals surface area contributed by atoms with Crippen molar-refractivity contribution in [3.63, 3.8) is 0 Å². The Labute approximate surface area is 206 Å². The van der Waals surface area contributed by atoms with Crippen molar-refractivity contribution in [2.45, 2.75) is 44.9 Å². The highest BCUT2D eigenvalue weighted by Gasteiger charge is 2.14. The molecule has 0 fully saturated rings. The fourth-order valence-electron chi connectivity index (χ4n) is 3.30. The first kappa shape index (κ1) is 27.0. The predicted octanol–water partition coefficient (Wildman–Crippen LogP) is 3.15. The monoisotopic (exact) mass is 483 g/mol. The number of nitrogens with zero attached hydrogens (tertiary/aromatic N) is 1. The third kappa shape index (κ3) is 11.6. The number of carbonyl (C=O) groups excluding carboxylic acids is 3. The van der Waals surface area contributed by atoms with Gasteiger partial charge in [-0.15, -0.1) is 0 Å². The first-order valence-corrected chi connectivity index (χ1v) is 12.0. The van der Waals surface area contributed by atoms with Crippen molar-refractivity contribution >= 4 is 35.1 Å². The molecular weight excluding hydrogens is 450 g/mol. The topological polar surface area (TPSA) is 102 Å². The number of rotatable bonds is 14. The van der Waals surface area contributed by atoms with E-state index in [9.17, 15) is 14.4 Å². The summed E-state index contributed by atoms with van der Waals surface area (Å²) in [6.07, 6.45) is 3.16. The van der Waals surface area contributed by atoms with Gasteiger partial charge in [-0.05, 0) is 49.0 Å². The van der Waals surface area contributed by atoms with Crippen molar-refractivity contribution in [2.75, 3.05) is 19.7 Å². The number of thiocarbonyl (C=S) groups is 1. The van der Waals surface area contributed by atoms with Crippen LogP contribution in [0, 0.1) is 0 Å². The molecule has 3 N–H and O–H groups in total. The van der Waals surface area contributed by atoms with E-state index in [-0.39, 0.29) is 36.3 Å². The lowest BCUT2D eigenvalue weighted by atomic mass is 10.1. The molecule has 0 saturated heterocycles. The van der Waals surface area contributed by atoms with Crippen LogP contribution in [0.5, 0.6) is 0 Å². The Morgan fingerprint density at radius 1 is 0.824 bits per heavy atom. The fraction of sp³-hybridized carbons (Fsp3) is 0.385. The fourth-order valence-corrected chi connectivity index (χ4v) is 3.60. The number of primary amides is 1. The highest BCUT2D eigenvalue weighted by molar-refractivity contribution is 7.80. The van der Waals surface area contributed by atoms with Gasteiger partial charge in [0.1, 0.15) is 0 Å². The lowest BCUT2D eigenvalue weighted by Gasteiger charge is -2.25. The highest BCUT2D eigenvalue weighted by Crippen LogP contribution is 2.05. The molecule has 0 atom stereocenters. The van der Waals surface area contributed by atoms with Crippen LogP contribution in [0.15, 0.2) is 60.7 Å². The Balaban J connectivity index is 1.66. The van der Waals surface area contributed by atoms with E-state index in [0.29, 0.717) is 32.5 Å². The maximum Gasteiger partial charge on any atom is 0.305 e. The number of ether oxygens (including phenoxy) is 1. The molecule has 0 saturated carbocycles. The molecule has 2 rings (SSSR count). The Bertz CT molecular complexity index is 922. The number of carbonyl (C=O) groups is 3. The van der Waals surface area contributed by atoms with Crippen LogP contribution in [-0.4, -0.2) is 47.5 Å². The molecule has 0 heterocycles. The van der Waals surface area contributed by atoms with Gasteiger partial charge in [-0.25, -0.2) is 0 Å². The summed E-state index contributed by atoms with van der Waals surface area (Å²) >= 11 is 5.38. The number of hydrogen-bond donors (Lipinski definition) is 2. The van der Waals surface area contributed by atoms with E-state index in [0.717, 1.165) is 18.4 Å². The minimum absolute atomic E-state index is 0.140. The molecule has 0 radical (unpaired) electrons. The molecule has 182 valence electrons. The van der Waals surface area contributed by atoms with Gasteiger partial charge >= 0.3 is 5.97 Å². The van der Waals surface area contributed by atoms with Crippen LogP contribution >= 0.6 is 12.2 Å². The summed E-state index contributed by atoms with van der Waals surface area (Å²) in [5.74, 6) is -1.01. The molecule has 0 spiro atoms. The lowest BCUT2D eigenvalue weighted by Crippen LogP contribution is -2.44.